The predicted octanol–water partition coefficient (Wildman–Crippen LogP) is 5.36. The molecule has 1 fully saturated rings. The summed E-state index contributed by atoms with van der Waals surface area (Å²) in [7, 11) is 0. The lowest BCUT2D eigenvalue weighted by Crippen LogP contribution is -2.29. The molecule has 1 aliphatic rings. The molecule has 2 aromatic rings. The molecule has 0 aromatic heterocycles. The van der Waals surface area contributed by atoms with Gasteiger partial charge in [0.1, 0.15) is 5.75 Å². The minimum atomic E-state index is 0.0256. The van der Waals surface area contributed by atoms with Crippen LogP contribution in [-0.4, -0.2) is 25.0 Å². The van der Waals surface area contributed by atoms with Gasteiger partial charge in [-0.1, -0.05) is 18.2 Å². The van der Waals surface area contributed by atoms with Crippen LogP contribution in [0.25, 0.3) is 6.08 Å². The van der Waals surface area contributed by atoms with Crippen LogP contribution in [0.1, 0.15) is 49.0 Å². The number of ether oxygens (including phenoxy) is 1. The van der Waals surface area contributed by atoms with Gasteiger partial charge in [0.25, 0.3) is 0 Å². The highest BCUT2D eigenvalue weighted by molar-refractivity contribution is 6.07. The highest BCUT2D eigenvalue weighted by Gasteiger charge is 2.11. The zero-order valence-corrected chi connectivity index (χ0v) is 15.7. The molecule has 3 nitrogen and oxygen atoms in total. The van der Waals surface area contributed by atoms with E-state index >= 15 is 0 Å². The van der Waals surface area contributed by atoms with E-state index in [4.69, 9.17) is 4.74 Å². The van der Waals surface area contributed by atoms with Crippen LogP contribution in [0.3, 0.4) is 0 Å². The Morgan fingerprint density at radius 1 is 0.962 bits per heavy atom. The third-order valence-electron chi connectivity index (χ3n) is 4.55. The molecule has 2 aromatic carbocycles. The van der Waals surface area contributed by atoms with Gasteiger partial charge >= 0.3 is 0 Å². The average molecular weight is 349 g/mol. The van der Waals surface area contributed by atoms with Crippen LogP contribution in [0, 0.1) is 0 Å². The molecule has 26 heavy (non-hydrogen) atoms. The molecule has 0 atom stereocenters. The van der Waals surface area contributed by atoms with Crippen molar-refractivity contribution in [2.45, 2.75) is 39.2 Å². The van der Waals surface area contributed by atoms with E-state index in [0.29, 0.717) is 0 Å². The molecule has 0 unspecified atom stereocenters. The van der Waals surface area contributed by atoms with Crippen molar-refractivity contribution in [2.75, 3.05) is 18.0 Å². The summed E-state index contributed by atoms with van der Waals surface area (Å²) in [5, 5.41) is 0. The highest BCUT2D eigenvalue weighted by atomic mass is 16.5. The van der Waals surface area contributed by atoms with Gasteiger partial charge in [0.2, 0.25) is 0 Å². The average Bonchev–Trinajstić information content (AvgIpc) is 2.67. The van der Waals surface area contributed by atoms with Gasteiger partial charge in [-0.25, -0.2) is 0 Å². The van der Waals surface area contributed by atoms with Gasteiger partial charge in [0, 0.05) is 24.3 Å². The van der Waals surface area contributed by atoms with Crippen molar-refractivity contribution >= 4 is 17.5 Å². The molecule has 0 saturated carbocycles. The summed E-state index contributed by atoms with van der Waals surface area (Å²) in [4.78, 5) is 14.8. The lowest BCUT2D eigenvalue weighted by Gasteiger charge is -2.28. The zero-order valence-electron chi connectivity index (χ0n) is 15.7. The maximum Gasteiger partial charge on any atom is 0.185 e. The number of piperidine rings is 1. The molecule has 1 aliphatic heterocycles. The summed E-state index contributed by atoms with van der Waals surface area (Å²) >= 11 is 0. The number of anilines is 1. The second-order valence-corrected chi connectivity index (χ2v) is 7.03. The Labute approximate surface area is 156 Å². The van der Waals surface area contributed by atoms with Crippen LogP contribution < -0.4 is 9.64 Å². The normalized spacial score (nSPS) is 14.8. The van der Waals surface area contributed by atoms with E-state index in [1.807, 2.05) is 56.3 Å². The summed E-state index contributed by atoms with van der Waals surface area (Å²) in [6.45, 7) is 6.24. The first-order chi connectivity index (χ1) is 12.6. The van der Waals surface area contributed by atoms with Crippen molar-refractivity contribution in [1.82, 2.24) is 0 Å². The molecular weight excluding hydrogens is 322 g/mol. The molecule has 3 heteroatoms. The number of carbonyl (C=O) groups is 1. The van der Waals surface area contributed by atoms with Gasteiger partial charge in [-0.15, -0.1) is 0 Å². The summed E-state index contributed by atoms with van der Waals surface area (Å²) in [6, 6.07) is 15.7. The third-order valence-corrected chi connectivity index (χ3v) is 4.55. The minimum Gasteiger partial charge on any atom is -0.491 e. The quantitative estimate of drug-likeness (QED) is 0.519. The molecule has 0 radical (unpaired) electrons. The number of ketones is 1. The van der Waals surface area contributed by atoms with Crippen LogP contribution in [0.2, 0.25) is 0 Å². The van der Waals surface area contributed by atoms with E-state index in [1.165, 1.54) is 24.9 Å². The Morgan fingerprint density at radius 2 is 1.62 bits per heavy atom. The number of hydrogen-bond acceptors (Lipinski definition) is 3. The van der Waals surface area contributed by atoms with Gasteiger partial charge in [-0.3, -0.25) is 4.79 Å². The Morgan fingerprint density at radius 3 is 2.23 bits per heavy atom. The van der Waals surface area contributed by atoms with Crippen molar-refractivity contribution < 1.29 is 9.53 Å². The fraction of sp³-hybridized carbons (Fsp3) is 0.348. The van der Waals surface area contributed by atoms with E-state index in [9.17, 15) is 4.79 Å². The summed E-state index contributed by atoms with van der Waals surface area (Å²) in [5.74, 6) is 0.870. The van der Waals surface area contributed by atoms with E-state index in [0.717, 1.165) is 30.0 Å². The molecule has 136 valence electrons. The van der Waals surface area contributed by atoms with Gasteiger partial charge in [0.05, 0.1) is 6.10 Å². The summed E-state index contributed by atoms with van der Waals surface area (Å²) in [5.41, 5.74) is 2.92. The Balaban J connectivity index is 1.61. The van der Waals surface area contributed by atoms with Crippen LogP contribution in [0.4, 0.5) is 5.69 Å². The molecule has 1 heterocycles. The number of allylic oxidation sites excluding steroid dienone is 1. The fourth-order valence-electron chi connectivity index (χ4n) is 3.19. The molecule has 3 rings (SSSR count). The lowest BCUT2D eigenvalue weighted by atomic mass is 10.1. The number of carbonyl (C=O) groups excluding carboxylic acids is 1. The van der Waals surface area contributed by atoms with E-state index in [1.54, 1.807) is 6.08 Å². The minimum absolute atomic E-state index is 0.0256. The summed E-state index contributed by atoms with van der Waals surface area (Å²) < 4.78 is 5.63. The summed E-state index contributed by atoms with van der Waals surface area (Å²) in [6.07, 6.45) is 7.47. The van der Waals surface area contributed by atoms with Crippen LogP contribution in [0.15, 0.2) is 54.6 Å². The molecule has 0 aliphatic carbocycles. The Bertz CT molecular complexity index is 739. The Hall–Kier alpha value is -2.55. The van der Waals surface area contributed by atoms with Gasteiger partial charge in [-0.05, 0) is 81.1 Å². The lowest BCUT2D eigenvalue weighted by molar-refractivity contribution is 0.104. The van der Waals surface area contributed by atoms with E-state index in [-0.39, 0.29) is 11.9 Å². The first-order valence-corrected chi connectivity index (χ1v) is 9.46. The largest absolute Gasteiger partial charge is 0.491 e. The molecule has 0 spiro atoms. The van der Waals surface area contributed by atoms with Crippen molar-refractivity contribution in [1.29, 1.82) is 0 Å². The second kappa shape index (κ2) is 8.70. The number of rotatable bonds is 6. The fourth-order valence-corrected chi connectivity index (χ4v) is 3.19. The van der Waals surface area contributed by atoms with Crippen molar-refractivity contribution in [3.63, 3.8) is 0 Å². The van der Waals surface area contributed by atoms with Gasteiger partial charge in [0.15, 0.2) is 5.78 Å². The third kappa shape index (κ3) is 4.98. The zero-order chi connectivity index (χ0) is 18.4. The molecular formula is C23H27NO2. The Kier molecular flexibility index (Phi) is 6.11. The maximum absolute atomic E-state index is 12.4. The smallest absolute Gasteiger partial charge is 0.185 e. The number of benzene rings is 2. The second-order valence-electron chi connectivity index (χ2n) is 7.03. The molecule has 0 bridgehead atoms. The predicted molar refractivity (Wildman–Crippen MR) is 108 cm³/mol. The van der Waals surface area contributed by atoms with E-state index in [2.05, 4.69) is 17.0 Å². The number of nitrogens with zero attached hydrogens (tertiary/aromatic N) is 1. The van der Waals surface area contributed by atoms with Crippen LogP contribution >= 0.6 is 0 Å². The van der Waals surface area contributed by atoms with Gasteiger partial charge < -0.3 is 9.64 Å². The highest BCUT2D eigenvalue weighted by Crippen LogP contribution is 2.21. The van der Waals surface area contributed by atoms with Crippen molar-refractivity contribution in [2.24, 2.45) is 0 Å². The first kappa shape index (κ1) is 18.2. The van der Waals surface area contributed by atoms with Crippen molar-refractivity contribution in [3.05, 3.63) is 65.7 Å². The van der Waals surface area contributed by atoms with Crippen LogP contribution in [-0.2, 0) is 0 Å². The van der Waals surface area contributed by atoms with Crippen molar-refractivity contribution in [3.8, 4) is 5.75 Å². The van der Waals surface area contributed by atoms with E-state index < -0.39 is 0 Å². The van der Waals surface area contributed by atoms with Gasteiger partial charge in [-0.2, -0.15) is 0 Å². The molecule has 0 amide bonds. The monoisotopic (exact) mass is 349 g/mol. The SMILES string of the molecule is CC(C)Oc1ccc(/C=C/C(=O)c2ccc(N3CCCCC3)cc2)cc1. The first-order valence-electron chi connectivity index (χ1n) is 9.46. The van der Waals surface area contributed by atoms with Crippen LogP contribution in [0.5, 0.6) is 5.75 Å². The number of hydrogen-bond donors (Lipinski definition) is 0. The topological polar surface area (TPSA) is 29.5 Å². The molecule has 0 N–H and O–H groups in total. The maximum atomic E-state index is 12.4. The standard InChI is InChI=1S/C23H27NO2/c1-18(2)26-22-13-6-19(7-14-22)8-15-23(25)20-9-11-21(12-10-20)24-16-4-3-5-17-24/h6-15,18H,3-5,16-17H2,1-2H3/b15-8+. The molecule has 1 saturated heterocycles.